The molecule has 104 valence electrons. The van der Waals surface area contributed by atoms with Crippen molar-refractivity contribution in [1.29, 1.82) is 0 Å². The van der Waals surface area contributed by atoms with Gasteiger partial charge in [-0.05, 0) is 24.3 Å². The predicted octanol–water partition coefficient (Wildman–Crippen LogP) is 2.24. The summed E-state index contributed by atoms with van der Waals surface area (Å²) in [4.78, 5) is 22.0. The van der Waals surface area contributed by atoms with Crippen molar-refractivity contribution in [3.05, 3.63) is 35.9 Å². The zero-order valence-electron chi connectivity index (χ0n) is 11.3. The van der Waals surface area contributed by atoms with E-state index in [1.54, 1.807) is 0 Å². The van der Waals surface area contributed by atoms with Gasteiger partial charge in [-0.3, -0.25) is 9.59 Å². The zero-order chi connectivity index (χ0) is 14.1. The minimum Gasteiger partial charge on any atom is -0.481 e. The molecule has 0 aromatic heterocycles. The second-order valence-electron chi connectivity index (χ2n) is 4.83. The second kappa shape index (κ2) is 8.29. The number of nitrogens with one attached hydrogen (secondary N) is 1. The van der Waals surface area contributed by atoms with E-state index in [2.05, 4.69) is 5.32 Å². The lowest BCUT2D eigenvalue weighted by Crippen LogP contribution is -2.28. The maximum absolute atomic E-state index is 11.6. The topological polar surface area (TPSA) is 66.4 Å². The lowest BCUT2D eigenvalue weighted by atomic mass is 10.1. The van der Waals surface area contributed by atoms with Crippen molar-refractivity contribution in [2.45, 2.75) is 32.6 Å². The third kappa shape index (κ3) is 7.24. The highest BCUT2D eigenvalue weighted by molar-refractivity contribution is 5.76. The third-order valence-electron chi connectivity index (χ3n) is 2.98. The van der Waals surface area contributed by atoms with Crippen LogP contribution in [0.15, 0.2) is 30.3 Å². The first kappa shape index (κ1) is 15.2. The number of carboxylic acids is 1. The molecule has 1 aromatic rings. The quantitative estimate of drug-likeness (QED) is 0.756. The summed E-state index contributed by atoms with van der Waals surface area (Å²) in [7, 11) is 0. The van der Waals surface area contributed by atoms with Gasteiger partial charge in [0, 0.05) is 19.4 Å². The van der Waals surface area contributed by atoms with E-state index in [1.165, 1.54) is 0 Å². The molecule has 0 saturated carbocycles. The van der Waals surface area contributed by atoms with Crippen LogP contribution in [0.1, 0.15) is 31.7 Å². The molecule has 1 rings (SSSR count). The first-order valence-corrected chi connectivity index (χ1v) is 6.60. The fourth-order valence-corrected chi connectivity index (χ4v) is 1.75. The summed E-state index contributed by atoms with van der Waals surface area (Å²) in [5.41, 5.74) is 1.15. The highest BCUT2D eigenvalue weighted by Gasteiger charge is 2.07. The fourth-order valence-electron chi connectivity index (χ4n) is 1.75. The Labute approximate surface area is 113 Å². The summed E-state index contributed by atoms with van der Waals surface area (Å²) < 4.78 is 0. The van der Waals surface area contributed by atoms with Gasteiger partial charge in [0.15, 0.2) is 0 Å². The number of aryl methyl sites for hydroxylation is 1. The molecular weight excluding hydrogens is 242 g/mol. The van der Waals surface area contributed by atoms with Crippen molar-refractivity contribution in [3.8, 4) is 0 Å². The standard InChI is InChI=1S/C15H21NO3/c1-12(7-10-15(18)19)11-16-14(17)9-8-13-5-3-2-4-6-13/h2-6,12H,7-11H2,1H3,(H,16,17)(H,18,19). The van der Waals surface area contributed by atoms with E-state index in [9.17, 15) is 9.59 Å². The number of hydrogen-bond acceptors (Lipinski definition) is 2. The summed E-state index contributed by atoms with van der Waals surface area (Å²) in [6.07, 6.45) is 1.95. The molecule has 0 spiro atoms. The number of carbonyl (C=O) groups excluding carboxylic acids is 1. The number of hydrogen-bond donors (Lipinski definition) is 2. The van der Waals surface area contributed by atoms with Crippen LogP contribution in [0, 0.1) is 5.92 Å². The number of benzene rings is 1. The summed E-state index contributed by atoms with van der Waals surface area (Å²) in [6.45, 7) is 2.49. The van der Waals surface area contributed by atoms with Gasteiger partial charge in [0.1, 0.15) is 0 Å². The molecule has 0 bridgehead atoms. The molecule has 1 amide bonds. The monoisotopic (exact) mass is 263 g/mol. The summed E-state index contributed by atoms with van der Waals surface area (Å²) in [5.74, 6) is -0.579. The maximum atomic E-state index is 11.6. The van der Waals surface area contributed by atoms with Gasteiger partial charge < -0.3 is 10.4 Å². The average molecular weight is 263 g/mol. The van der Waals surface area contributed by atoms with Crippen molar-refractivity contribution in [2.75, 3.05) is 6.54 Å². The Morgan fingerprint density at radius 3 is 2.53 bits per heavy atom. The molecule has 4 nitrogen and oxygen atoms in total. The predicted molar refractivity (Wildman–Crippen MR) is 73.8 cm³/mol. The Balaban J connectivity index is 2.16. The van der Waals surface area contributed by atoms with Crippen LogP contribution in [0.4, 0.5) is 0 Å². The number of amides is 1. The molecule has 2 N–H and O–H groups in total. The molecule has 1 unspecified atom stereocenters. The van der Waals surface area contributed by atoms with Crippen LogP contribution in [-0.2, 0) is 16.0 Å². The maximum Gasteiger partial charge on any atom is 0.303 e. The lowest BCUT2D eigenvalue weighted by Gasteiger charge is -2.11. The Hall–Kier alpha value is -1.84. The van der Waals surface area contributed by atoms with Crippen LogP contribution in [0.2, 0.25) is 0 Å². The fraction of sp³-hybridized carbons (Fsp3) is 0.467. The number of aliphatic carboxylic acids is 1. The van der Waals surface area contributed by atoms with E-state index < -0.39 is 5.97 Å². The van der Waals surface area contributed by atoms with Gasteiger partial charge in [0.05, 0.1) is 0 Å². The number of carboxylic acid groups (broad SMARTS) is 1. The van der Waals surface area contributed by atoms with Gasteiger partial charge in [-0.25, -0.2) is 0 Å². The van der Waals surface area contributed by atoms with E-state index >= 15 is 0 Å². The summed E-state index contributed by atoms with van der Waals surface area (Å²) >= 11 is 0. The summed E-state index contributed by atoms with van der Waals surface area (Å²) in [6, 6.07) is 9.88. The molecule has 1 aromatic carbocycles. The van der Waals surface area contributed by atoms with Crippen LogP contribution >= 0.6 is 0 Å². The van der Waals surface area contributed by atoms with Crippen molar-refractivity contribution in [1.82, 2.24) is 5.32 Å². The van der Waals surface area contributed by atoms with Crippen molar-refractivity contribution < 1.29 is 14.7 Å². The van der Waals surface area contributed by atoms with E-state index in [0.29, 0.717) is 19.4 Å². The highest BCUT2D eigenvalue weighted by Crippen LogP contribution is 2.05. The molecule has 0 radical (unpaired) electrons. The van der Waals surface area contributed by atoms with E-state index in [1.807, 2.05) is 37.3 Å². The molecule has 0 aliphatic rings. The molecular formula is C15H21NO3. The van der Waals surface area contributed by atoms with Crippen LogP contribution in [-0.4, -0.2) is 23.5 Å². The van der Waals surface area contributed by atoms with Crippen LogP contribution in [0.3, 0.4) is 0 Å². The van der Waals surface area contributed by atoms with E-state index in [-0.39, 0.29) is 18.2 Å². The lowest BCUT2D eigenvalue weighted by molar-refractivity contribution is -0.137. The largest absolute Gasteiger partial charge is 0.481 e. The van der Waals surface area contributed by atoms with Gasteiger partial charge in [-0.1, -0.05) is 37.3 Å². The smallest absolute Gasteiger partial charge is 0.303 e. The van der Waals surface area contributed by atoms with E-state index in [0.717, 1.165) is 12.0 Å². The van der Waals surface area contributed by atoms with Gasteiger partial charge in [0.25, 0.3) is 0 Å². The minimum absolute atomic E-state index is 0.0195. The average Bonchev–Trinajstić information content (AvgIpc) is 2.41. The van der Waals surface area contributed by atoms with Crippen LogP contribution in [0.5, 0.6) is 0 Å². The second-order valence-corrected chi connectivity index (χ2v) is 4.83. The normalized spacial score (nSPS) is 11.8. The Morgan fingerprint density at radius 2 is 1.89 bits per heavy atom. The molecule has 19 heavy (non-hydrogen) atoms. The SMILES string of the molecule is CC(CCC(=O)O)CNC(=O)CCc1ccccc1. The van der Waals surface area contributed by atoms with Crippen molar-refractivity contribution in [2.24, 2.45) is 5.92 Å². The Bertz CT molecular complexity index is 403. The molecule has 1 atom stereocenters. The number of rotatable bonds is 8. The number of carbonyl (C=O) groups is 2. The first-order valence-electron chi connectivity index (χ1n) is 6.60. The molecule has 0 fully saturated rings. The first-order chi connectivity index (χ1) is 9.08. The molecule has 0 saturated heterocycles. The summed E-state index contributed by atoms with van der Waals surface area (Å²) in [5, 5.41) is 11.4. The van der Waals surface area contributed by atoms with Crippen molar-refractivity contribution in [3.63, 3.8) is 0 Å². The third-order valence-corrected chi connectivity index (χ3v) is 2.98. The molecule has 4 heteroatoms. The van der Waals surface area contributed by atoms with Crippen LogP contribution in [0.25, 0.3) is 0 Å². The van der Waals surface area contributed by atoms with Gasteiger partial charge in [-0.15, -0.1) is 0 Å². The van der Waals surface area contributed by atoms with Crippen LogP contribution < -0.4 is 5.32 Å². The molecule has 0 aliphatic carbocycles. The molecule has 0 aliphatic heterocycles. The van der Waals surface area contributed by atoms with E-state index in [4.69, 9.17) is 5.11 Å². The van der Waals surface area contributed by atoms with Gasteiger partial charge >= 0.3 is 5.97 Å². The molecule has 0 heterocycles. The minimum atomic E-state index is -0.790. The van der Waals surface area contributed by atoms with Gasteiger partial charge in [0.2, 0.25) is 5.91 Å². The Morgan fingerprint density at radius 1 is 1.21 bits per heavy atom. The highest BCUT2D eigenvalue weighted by atomic mass is 16.4. The zero-order valence-corrected chi connectivity index (χ0v) is 11.3. The van der Waals surface area contributed by atoms with Crippen molar-refractivity contribution >= 4 is 11.9 Å². The Kier molecular flexibility index (Phi) is 6.64. The van der Waals surface area contributed by atoms with Gasteiger partial charge in [-0.2, -0.15) is 0 Å².